The van der Waals surface area contributed by atoms with E-state index in [4.69, 9.17) is 14.9 Å². The highest BCUT2D eigenvalue weighted by atomic mass is 16.5. The Balaban J connectivity index is 1.72. The van der Waals surface area contributed by atoms with Gasteiger partial charge in [0.25, 0.3) is 0 Å². The molecule has 0 amide bonds. The molecule has 0 saturated carbocycles. The van der Waals surface area contributed by atoms with Crippen molar-refractivity contribution in [1.82, 2.24) is 9.78 Å². The number of aromatic nitrogens is 2. The van der Waals surface area contributed by atoms with Crippen molar-refractivity contribution in [2.45, 2.75) is 40.2 Å². The summed E-state index contributed by atoms with van der Waals surface area (Å²) in [6, 6.07) is 17.9. The lowest BCUT2D eigenvalue weighted by Crippen LogP contribution is -2.09. The third-order valence-corrected chi connectivity index (χ3v) is 4.69. The fourth-order valence-electron chi connectivity index (χ4n) is 3.06. The van der Waals surface area contributed by atoms with E-state index in [1.807, 2.05) is 53.2 Å². The minimum absolute atomic E-state index is 0.141. The number of hydrogen-bond donors (Lipinski definition) is 2. The Morgan fingerprint density at radius 3 is 2.57 bits per heavy atom. The van der Waals surface area contributed by atoms with E-state index in [0.29, 0.717) is 25.5 Å². The highest BCUT2D eigenvalue weighted by Crippen LogP contribution is 2.23. The van der Waals surface area contributed by atoms with E-state index in [0.717, 1.165) is 34.1 Å². The molecule has 6 nitrogen and oxygen atoms in total. The number of carboxylic acids is 1. The first-order valence-corrected chi connectivity index (χ1v) is 10.2. The number of para-hydroxylation sites is 1. The van der Waals surface area contributed by atoms with Gasteiger partial charge in [-0.2, -0.15) is 5.10 Å². The van der Waals surface area contributed by atoms with Gasteiger partial charge >= 0.3 is 5.97 Å². The molecule has 0 spiro atoms. The number of carboxylic acid groups (broad SMARTS) is 1. The van der Waals surface area contributed by atoms with E-state index in [1.165, 1.54) is 0 Å². The predicted octanol–water partition coefficient (Wildman–Crippen LogP) is 4.84. The van der Waals surface area contributed by atoms with Crippen LogP contribution in [0, 0.1) is 12.8 Å². The van der Waals surface area contributed by atoms with E-state index in [9.17, 15) is 4.79 Å². The Labute approximate surface area is 177 Å². The Morgan fingerprint density at radius 2 is 1.90 bits per heavy atom. The molecule has 0 atom stereocenters. The first-order valence-electron chi connectivity index (χ1n) is 10.2. The third-order valence-electron chi connectivity index (χ3n) is 4.69. The molecule has 0 aliphatic heterocycles. The normalized spacial score (nSPS) is 10.9. The molecular formula is C24H29N3O3. The second-order valence-corrected chi connectivity index (χ2v) is 7.82. The molecule has 0 aliphatic carbocycles. The monoisotopic (exact) mass is 407 g/mol. The van der Waals surface area contributed by atoms with Gasteiger partial charge in [-0.05, 0) is 48.6 Å². The molecule has 0 radical (unpaired) electrons. The van der Waals surface area contributed by atoms with Crippen LogP contribution in [0.3, 0.4) is 0 Å². The number of nitrogens with zero attached hydrogens (tertiary/aromatic N) is 2. The molecular weight excluding hydrogens is 378 g/mol. The molecule has 2 aromatic carbocycles. The maximum Gasteiger partial charge on any atom is 0.303 e. The van der Waals surface area contributed by atoms with Gasteiger partial charge in [0.2, 0.25) is 5.88 Å². The average Bonchev–Trinajstić information content (AvgIpc) is 3.13. The smallest absolute Gasteiger partial charge is 0.303 e. The zero-order chi connectivity index (χ0) is 21.5. The van der Waals surface area contributed by atoms with Crippen LogP contribution < -0.4 is 10.1 Å². The number of hydrogen-bond acceptors (Lipinski definition) is 4. The van der Waals surface area contributed by atoms with Crippen molar-refractivity contribution in [3.8, 4) is 11.6 Å². The highest BCUT2D eigenvalue weighted by molar-refractivity contribution is 5.67. The molecule has 3 rings (SSSR count). The topological polar surface area (TPSA) is 76.4 Å². The molecule has 1 heterocycles. The van der Waals surface area contributed by atoms with Crippen molar-refractivity contribution >= 4 is 11.7 Å². The second-order valence-electron chi connectivity index (χ2n) is 7.82. The summed E-state index contributed by atoms with van der Waals surface area (Å²) in [7, 11) is 0. The minimum atomic E-state index is -0.781. The summed E-state index contributed by atoms with van der Waals surface area (Å²) in [6.07, 6.45) is 0.676. The van der Waals surface area contributed by atoms with Crippen molar-refractivity contribution < 1.29 is 14.6 Å². The van der Waals surface area contributed by atoms with E-state index in [-0.39, 0.29) is 6.42 Å². The SMILES string of the molecule is Cc1ccccc1-n1nc(CNc2ccc(CCC(=O)O)cc2)cc1OCC(C)C. The lowest BCUT2D eigenvalue weighted by atomic mass is 10.1. The van der Waals surface area contributed by atoms with Crippen LogP contribution in [0.25, 0.3) is 5.69 Å². The van der Waals surface area contributed by atoms with Crippen LogP contribution in [0.1, 0.15) is 37.1 Å². The van der Waals surface area contributed by atoms with Crippen LogP contribution in [-0.4, -0.2) is 27.5 Å². The van der Waals surface area contributed by atoms with Gasteiger partial charge in [-0.15, -0.1) is 0 Å². The molecule has 0 bridgehead atoms. The van der Waals surface area contributed by atoms with Crippen LogP contribution in [0.15, 0.2) is 54.6 Å². The summed E-state index contributed by atoms with van der Waals surface area (Å²) in [5, 5.41) is 16.9. The highest BCUT2D eigenvalue weighted by Gasteiger charge is 2.13. The van der Waals surface area contributed by atoms with Gasteiger partial charge in [0.05, 0.1) is 24.5 Å². The molecule has 3 aromatic rings. The lowest BCUT2D eigenvalue weighted by Gasteiger charge is -2.12. The molecule has 0 aliphatic rings. The number of anilines is 1. The molecule has 158 valence electrons. The maximum absolute atomic E-state index is 10.7. The predicted molar refractivity (Wildman–Crippen MR) is 118 cm³/mol. The van der Waals surface area contributed by atoms with Crippen LogP contribution in [-0.2, 0) is 17.8 Å². The lowest BCUT2D eigenvalue weighted by molar-refractivity contribution is -0.136. The van der Waals surface area contributed by atoms with E-state index < -0.39 is 5.97 Å². The quantitative estimate of drug-likeness (QED) is 0.503. The standard InChI is InChI=1S/C24H29N3O3/c1-17(2)16-30-23-14-21(26-27(23)22-7-5-4-6-18(22)3)15-25-20-11-8-19(9-12-20)10-13-24(28)29/h4-9,11-12,14,17,25H,10,13,15-16H2,1-3H3,(H,28,29). The van der Waals surface area contributed by atoms with E-state index in [2.05, 4.69) is 32.2 Å². The van der Waals surface area contributed by atoms with Gasteiger partial charge in [-0.1, -0.05) is 44.2 Å². The number of aliphatic carboxylic acids is 1. The first kappa shape index (κ1) is 21.4. The van der Waals surface area contributed by atoms with Gasteiger partial charge in [0.15, 0.2) is 0 Å². The van der Waals surface area contributed by atoms with Crippen molar-refractivity contribution in [3.05, 3.63) is 71.4 Å². The van der Waals surface area contributed by atoms with E-state index >= 15 is 0 Å². The third kappa shape index (κ3) is 5.86. The number of aryl methyl sites for hydroxylation is 2. The van der Waals surface area contributed by atoms with Crippen LogP contribution in [0.5, 0.6) is 5.88 Å². The molecule has 0 unspecified atom stereocenters. The number of benzene rings is 2. The Kier molecular flexibility index (Phi) is 7.12. The van der Waals surface area contributed by atoms with Crippen molar-refractivity contribution in [2.24, 2.45) is 5.92 Å². The Morgan fingerprint density at radius 1 is 1.17 bits per heavy atom. The number of ether oxygens (including phenoxy) is 1. The minimum Gasteiger partial charge on any atom is -0.481 e. The van der Waals surface area contributed by atoms with Crippen LogP contribution >= 0.6 is 0 Å². The fourth-order valence-corrected chi connectivity index (χ4v) is 3.06. The largest absolute Gasteiger partial charge is 0.481 e. The number of rotatable bonds is 10. The van der Waals surface area contributed by atoms with E-state index in [1.54, 1.807) is 0 Å². The van der Waals surface area contributed by atoms with Gasteiger partial charge in [-0.25, -0.2) is 4.68 Å². The van der Waals surface area contributed by atoms with Crippen LogP contribution in [0.4, 0.5) is 5.69 Å². The molecule has 1 aromatic heterocycles. The zero-order valence-electron chi connectivity index (χ0n) is 17.8. The number of carbonyl (C=O) groups is 1. The van der Waals surface area contributed by atoms with Gasteiger partial charge in [0, 0.05) is 18.2 Å². The second kappa shape index (κ2) is 9.96. The van der Waals surface area contributed by atoms with Crippen molar-refractivity contribution in [3.63, 3.8) is 0 Å². The summed E-state index contributed by atoms with van der Waals surface area (Å²) in [4.78, 5) is 10.7. The summed E-state index contributed by atoms with van der Waals surface area (Å²) in [5.41, 5.74) is 4.99. The van der Waals surface area contributed by atoms with Gasteiger partial charge in [0.1, 0.15) is 0 Å². The summed E-state index contributed by atoms with van der Waals surface area (Å²) in [5.74, 6) is 0.377. The summed E-state index contributed by atoms with van der Waals surface area (Å²) < 4.78 is 7.89. The summed E-state index contributed by atoms with van der Waals surface area (Å²) >= 11 is 0. The van der Waals surface area contributed by atoms with Crippen LogP contribution in [0.2, 0.25) is 0 Å². The average molecular weight is 408 g/mol. The van der Waals surface area contributed by atoms with Gasteiger partial charge < -0.3 is 15.2 Å². The Hall–Kier alpha value is -3.28. The summed E-state index contributed by atoms with van der Waals surface area (Å²) in [6.45, 7) is 7.49. The zero-order valence-corrected chi connectivity index (χ0v) is 17.8. The number of nitrogens with one attached hydrogen (secondary N) is 1. The molecule has 2 N–H and O–H groups in total. The molecule has 0 saturated heterocycles. The first-order chi connectivity index (χ1) is 14.4. The van der Waals surface area contributed by atoms with Crippen molar-refractivity contribution in [2.75, 3.05) is 11.9 Å². The molecule has 0 fully saturated rings. The van der Waals surface area contributed by atoms with Crippen molar-refractivity contribution in [1.29, 1.82) is 0 Å². The maximum atomic E-state index is 10.7. The molecule has 30 heavy (non-hydrogen) atoms. The molecule has 6 heteroatoms. The Bertz CT molecular complexity index is 978. The van der Waals surface area contributed by atoms with Gasteiger partial charge in [-0.3, -0.25) is 4.79 Å². The fraction of sp³-hybridized carbons (Fsp3) is 0.333.